The first-order valence-electron chi connectivity index (χ1n) is 27.4. The third kappa shape index (κ3) is 4.94. The van der Waals surface area contributed by atoms with E-state index in [9.17, 15) is 9.60 Å². The summed E-state index contributed by atoms with van der Waals surface area (Å²) >= 11 is 0. The summed E-state index contributed by atoms with van der Waals surface area (Å²) in [5, 5.41) is -1.52. The van der Waals surface area contributed by atoms with E-state index >= 15 is 0 Å². The Kier molecular flexibility index (Phi) is 3.85. The molecule has 12 rings (SSSR count). The molecule has 0 N–H and O–H groups in total. The molecule has 6 nitrogen and oxygen atoms in total. The third-order valence-corrected chi connectivity index (χ3v) is 9.56. The van der Waals surface area contributed by atoms with Crippen LogP contribution in [0.2, 0.25) is 0 Å². The Balaban J connectivity index is 1.23. The number of rotatable bonds is 5. The van der Waals surface area contributed by atoms with Crippen LogP contribution in [0, 0.1) is 0 Å². The molecular weight excluding hydrogens is 701 g/mol. The summed E-state index contributed by atoms with van der Waals surface area (Å²) in [6.07, 6.45) is 0. The number of hydrogen-bond donors (Lipinski definition) is 0. The maximum absolute atomic E-state index is 10.0. The van der Waals surface area contributed by atoms with E-state index in [1.54, 1.807) is 60.7 Å². The Morgan fingerprint density at radius 2 is 1.12 bits per heavy atom. The molecule has 6 heteroatoms. The van der Waals surface area contributed by atoms with Crippen LogP contribution in [0.1, 0.15) is 27.4 Å². The minimum Gasteiger partial charge on any atom is -0.456 e. The molecule has 0 radical (unpaired) electrons. The van der Waals surface area contributed by atoms with Gasteiger partial charge in [0.2, 0.25) is 5.95 Å². The SMILES string of the molecule is [2H]c1c([2H])c([2H])c(-c2c([2H])c([2H])c([2H])c3oc4c([2H])c(-c5nc(-c6ccccc6)nc(-n6c7c([2H])c([2H])c([2H])c([2H])c7c7c([2H])c8oc9c(-c%10ccccc%10)c([2H])c([2H])c([2H])c9c8c([2H])c76)n5)c([2H])c([2H])c4c23)c([2H])c1[2H]. The zero-order chi connectivity index (χ0) is 54.9. The number of hydrogen-bond acceptors (Lipinski definition) is 5. The lowest BCUT2D eigenvalue weighted by molar-refractivity contribution is 0.669. The van der Waals surface area contributed by atoms with E-state index in [-0.39, 0.29) is 71.9 Å². The average Bonchev–Trinajstić information content (AvgIpc) is 4.17. The maximum atomic E-state index is 10.0. The first-order chi connectivity index (χ1) is 36.6. The van der Waals surface area contributed by atoms with Crippen LogP contribution in [-0.4, -0.2) is 19.5 Å². The minimum absolute atomic E-state index is 0.0904. The molecule has 57 heavy (non-hydrogen) atoms. The summed E-state index contributed by atoms with van der Waals surface area (Å²) in [5.74, 6) is -1.17. The van der Waals surface area contributed by atoms with Crippen LogP contribution in [0.4, 0.5) is 0 Å². The van der Waals surface area contributed by atoms with Crippen molar-refractivity contribution in [3.05, 3.63) is 182 Å². The van der Waals surface area contributed by atoms with Gasteiger partial charge in [-0.15, -0.1) is 0 Å². The highest BCUT2D eigenvalue weighted by Gasteiger charge is 2.22. The van der Waals surface area contributed by atoms with Crippen molar-refractivity contribution in [2.45, 2.75) is 0 Å². The van der Waals surface area contributed by atoms with Crippen LogP contribution in [0.15, 0.2) is 190 Å². The molecule has 4 aromatic heterocycles. The second-order valence-electron chi connectivity index (χ2n) is 12.8. The molecule has 0 bridgehead atoms. The standard InChI is InChI=1S/C51H30N4O2/c1-4-14-31(15-5-1)35-21-13-25-44-47(35)39-27-26-34(28-45(39)56-44)50-52-49(33-18-8-3-9-19-33)53-51(54-50)55-42-24-11-10-20-37(42)40-30-46-41(29-43(40)55)38-23-12-22-36(48(38)57-46)32-16-6-2-7-17-32/h1-30H/i1D,4D,5D,10D,11D,12D,13D,14D,15D,20D,21D,22D,23D,24D,25D,26D,27D,28D,29D,30D. The zero-order valence-electron chi connectivity index (χ0n) is 48.9. The number of fused-ring (bicyclic) bond motifs is 9. The molecule has 0 aliphatic rings. The molecule has 0 aliphatic carbocycles. The van der Waals surface area contributed by atoms with Crippen molar-refractivity contribution in [2.24, 2.45) is 0 Å². The second-order valence-corrected chi connectivity index (χ2v) is 12.8. The van der Waals surface area contributed by atoms with Gasteiger partial charge in [-0.2, -0.15) is 9.97 Å². The van der Waals surface area contributed by atoms with Crippen LogP contribution in [0.3, 0.4) is 0 Å². The molecule has 0 aliphatic heterocycles. The van der Waals surface area contributed by atoms with Crippen LogP contribution in [-0.2, 0) is 0 Å². The summed E-state index contributed by atoms with van der Waals surface area (Å²) in [7, 11) is 0. The quantitative estimate of drug-likeness (QED) is 0.175. The summed E-state index contributed by atoms with van der Waals surface area (Å²) in [6, 6.07) is 3.31. The lowest BCUT2D eigenvalue weighted by Crippen LogP contribution is -2.06. The van der Waals surface area contributed by atoms with Gasteiger partial charge in [-0.3, -0.25) is 4.57 Å². The maximum Gasteiger partial charge on any atom is 0.238 e. The van der Waals surface area contributed by atoms with E-state index in [0.29, 0.717) is 11.1 Å². The molecule has 0 atom stereocenters. The molecule has 8 aromatic carbocycles. The van der Waals surface area contributed by atoms with Gasteiger partial charge in [0, 0.05) is 49.0 Å². The van der Waals surface area contributed by atoms with Gasteiger partial charge < -0.3 is 8.83 Å². The van der Waals surface area contributed by atoms with Gasteiger partial charge >= 0.3 is 0 Å². The molecule has 4 heterocycles. The lowest BCUT2D eigenvalue weighted by atomic mass is 9.99. The topological polar surface area (TPSA) is 69.9 Å². The Bertz CT molecular complexity index is 4660. The second kappa shape index (κ2) is 12.3. The Morgan fingerprint density at radius 1 is 0.421 bits per heavy atom. The van der Waals surface area contributed by atoms with Crippen molar-refractivity contribution in [3.63, 3.8) is 0 Å². The molecule has 0 fully saturated rings. The van der Waals surface area contributed by atoms with E-state index < -0.39 is 154 Å². The smallest absolute Gasteiger partial charge is 0.238 e. The zero-order valence-corrected chi connectivity index (χ0v) is 28.9. The van der Waals surface area contributed by atoms with E-state index in [4.69, 9.17) is 36.6 Å². The highest BCUT2D eigenvalue weighted by atomic mass is 16.3. The summed E-state index contributed by atoms with van der Waals surface area (Å²) < 4.78 is 194. The third-order valence-electron chi connectivity index (χ3n) is 9.56. The Morgan fingerprint density at radius 3 is 1.96 bits per heavy atom. The van der Waals surface area contributed by atoms with E-state index in [2.05, 4.69) is 4.98 Å². The number of aromatic nitrogens is 4. The molecule has 266 valence electrons. The lowest BCUT2D eigenvalue weighted by Gasteiger charge is -2.11. The number of benzene rings is 8. The predicted octanol–water partition coefficient (Wildman–Crippen LogP) is 13.4. The largest absolute Gasteiger partial charge is 0.456 e. The predicted molar refractivity (Wildman–Crippen MR) is 230 cm³/mol. The van der Waals surface area contributed by atoms with Gasteiger partial charge in [-0.25, -0.2) is 4.98 Å². The van der Waals surface area contributed by atoms with Gasteiger partial charge in [0.1, 0.15) is 22.3 Å². The molecule has 0 saturated heterocycles. The van der Waals surface area contributed by atoms with Gasteiger partial charge in [0.25, 0.3) is 0 Å². The molecule has 0 unspecified atom stereocenters. The summed E-state index contributed by atoms with van der Waals surface area (Å²) in [6.45, 7) is 0. The fourth-order valence-electron chi connectivity index (χ4n) is 7.04. The molecular formula is C51H30N4O2. The van der Waals surface area contributed by atoms with Crippen LogP contribution in [0.5, 0.6) is 0 Å². The first kappa shape index (κ1) is 17.8. The average molecular weight is 751 g/mol. The van der Waals surface area contributed by atoms with Gasteiger partial charge in [-0.05, 0) is 52.9 Å². The molecule has 12 aromatic rings. The van der Waals surface area contributed by atoms with E-state index in [0.717, 1.165) is 4.57 Å². The van der Waals surface area contributed by atoms with Crippen molar-refractivity contribution in [2.75, 3.05) is 0 Å². The van der Waals surface area contributed by atoms with Crippen LogP contribution in [0.25, 0.3) is 117 Å². The number of nitrogens with zero attached hydrogens (tertiary/aromatic N) is 4. The molecule has 0 saturated carbocycles. The summed E-state index contributed by atoms with van der Waals surface area (Å²) in [4.78, 5) is 14.2. The van der Waals surface area contributed by atoms with Gasteiger partial charge in [-0.1, -0.05) is 145 Å². The van der Waals surface area contributed by atoms with Crippen molar-refractivity contribution < 1.29 is 36.2 Å². The van der Waals surface area contributed by atoms with Crippen molar-refractivity contribution in [3.8, 4) is 51.0 Å². The van der Waals surface area contributed by atoms with E-state index in [1.165, 1.54) is 0 Å². The minimum atomic E-state index is -0.778. The highest BCUT2D eigenvalue weighted by Crippen LogP contribution is 2.42. The summed E-state index contributed by atoms with van der Waals surface area (Å²) in [5.41, 5.74) is -2.72. The molecule has 0 amide bonds. The fraction of sp³-hybridized carbons (Fsp3) is 0. The highest BCUT2D eigenvalue weighted by molar-refractivity contribution is 6.18. The van der Waals surface area contributed by atoms with Crippen LogP contribution < -0.4 is 0 Å². The van der Waals surface area contributed by atoms with Gasteiger partial charge in [0.05, 0.1) is 38.4 Å². The molecule has 0 spiro atoms. The fourth-order valence-corrected chi connectivity index (χ4v) is 7.04. The van der Waals surface area contributed by atoms with Crippen molar-refractivity contribution in [1.82, 2.24) is 19.5 Å². The van der Waals surface area contributed by atoms with Crippen molar-refractivity contribution in [1.29, 1.82) is 0 Å². The van der Waals surface area contributed by atoms with Gasteiger partial charge in [0.15, 0.2) is 11.6 Å². The Labute approximate surface area is 354 Å². The first-order valence-corrected chi connectivity index (χ1v) is 17.4. The normalized spacial score (nSPS) is 16.8. The van der Waals surface area contributed by atoms with E-state index in [1.807, 2.05) is 0 Å². The number of furan rings is 2. The number of para-hydroxylation sites is 2. The monoisotopic (exact) mass is 750 g/mol. The Hall–Kier alpha value is -7.83. The van der Waals surface area contributed by atoms with Crippen LogP contribution >= 0.6 is 0 Å². The van der Waals surface area contributed by atoms with Crippen molar-refractivity contribution >= 4 is 65.7 Å².